The lowest BCUT2D eigenvalue weighted by Gasteiger charge is -2.16. The number of fused-ring (bicyclic) bond motifs is 1. The average molecular weight is 210 g/mol. The Hall–Kier alpha value is -1.29. The molecule has 0 radical (unpaired) electrons. The van der Waals surface area contributed by atoms with Gasteiger partial charge in [0.25, 0.3) is 0 Å². The van der Waals surface area contributed by atoms with E-state index in [0.717, 1.165) is 12.1 Å². The van der Waals surface area contributed by atoms with E-state index in [1.165, 1.54) is 0 Å². The fourth-order valence-electron chi connectivity index (χ4n) is 1.85. The van der Waals surface area contributed by atoms with Gasteiger partial charge in [-0.05, 0) is 18.6 Å². The second-order valence-electron chi connectivity index (χ2n) is 3.57. The topological polar surface area (TPSA) is 45.2 Å². The summed E-state index contributed by atoms with van der Waals surface area (Å²) in [6.07, 6.45) is 2.65. The van der Waals surface area contributed by atoms with E-state index in [0.29, 0.717) is 17.2 Å². The largest absolute Gasteiger partial charge is 0.333 e. The maximum Gasteiger partial charge on any atom is 0.322 e. The van der Waals surface area contributed by atoms with E-state index < -0.39 is 0 Å². The summed E-state index contributed by atoms with van der Waals surface area (Å²) in [7, 11) is 0. The Labute approximate surface area is 85.9 Å². The first-order valence-electron chi connectivity index (χ1n) is 4.47. The van der Waals surface area contributed by atoms with Crippen LogP contribution < -0.4 is 10.2 Å². The zero-order valence-corrected chi connectivity index (χ0v) is 8.03. The third-order valence-corrected chi connectivity index (χ3v) is 2.81. The van der Waals surface area contributed by atoms with Crippen molar-refractivity contribution in [2.75, 3.05) is 4.90 Å². The lowest BCUT2D eigenvalue weighted by molar-refractivity contribution is 0.249. The van der Waals surface area contributed by atoms with Crippen LogP contribution in [0.2, 0.25) is 5.15 Å². The third kappa shape index (κ3) is 1.07. The molecule has 2 aliphatic rings. The summed E-state index contributed by atoms with van der Waals surface area (Å²) in [5, 5.41) is 3.30. The molecule has 1 aromatic heterocycles. The van der Waals surface area contributed by atoms with Gasteiger partial charge in [0, 0.05) is 6.20 Å². The summed E-state index contributed by atoms with van der Waals surface area (Å²) in [6, 6.07) is 4.14. The van der Waals surface area contributed by atoms with E-state index in [4.69, 9.17) is 11.6 Å². The number of hydrogen-bond donors (Lipinski definition) is 1. The summed E-state index contributed by atoms with van der Waals surface area (Å²) in [6.45, 7) is 0. The molecule has 72 valence electrons. The number of carbonyl (C=O) groups is 1. The summed E-state index contributed by atoms with van der Waals surface area (Å²) in [4.78, 5) is 17.1. The van der Waals surface area contributed by atoms with Crippen molar-refractivity contribution in [3.63, 3.8) is 0 Å². The van der Waals surface area contributed by atoms with E-state index in [-0.39, 0.29) is 6.03 Å². The summed E-state index contributed by atoms with van der Waals surface area (Å²) < 4.78 is 0. The molecule has 2 heterocycles. The number of halogens is 1. The lowest BCUT2D eigenvalue weighted by Crippen LogP contribution is -2.33. The van der Waals surface area contributed by atoms with Crippen LogP contribution in [0.25, 0.3) is 0 Å². The molecule has 2 atom stereocenters. The van der Waals surface area contributed by atoms with E-state index in [9.17, 15) is 4.79 Å². The SMILES string of the molecule is O=C1N[C@@H]2C[C@@H]2N1c1ccnc(Cl)c1. The van der Waals surface area contributed by atoms with Crippen LogP contribution in [0.5, 0.6) is 0 Å². The Bertz CT molecular complexity index is 409. The molecule has 1 aromatic rings. The van der Waals surface area contributed by atoms with Crippen molar-refractivity contribution in [2.24, 2.45) is 0 Å². The highest BCUT2D eigenvalue weighted by molar-refractivity contribution is 6.29. The highest BCUT2D eigenvalue weighted by atomic mass is 35.5. The van der Waals surface area contributed by atoms with Crippen LogP contribution in [-0.4, -0.2) is 23.1 Å². The van der Waals surface area contributed by atoms with Gasteiger partial charge in [0.15, 0.2) is 0 Å². The molecule has 1 aliphatic carbocycles. The van der Waals surface area contributed by atoms with Crippen molar-refractivity contribution < 1.29 is 4.79 Å². The summed E-state index contributed by atoms with van der Waals surface area (Å²) >= 11 is 5.76. The second kappa shape index (κ2) is 2.60. The minimum Gasteiger partial charge on any atom is -0.333 e. The maximum atomic E-state index is 11.5. The third-order valence-electron chi connectivity index (χ3n) is 2.60. The molecule has 0 unspecified atom stereocenters. The highest BCUT2D eigenvalue weighted by Gasteiger charge is 2.52. The minimum absolute atomic E-state index is 0.0338. The highest BCUT2D eigenvalue weighted by Crippen LogP contribution is 2.37. The number of nitrogens with zero attached hydrogens (tertiary/aromatic N) is 2. The predicted molar refractivity (Wildman–Crippen MR) is 52.5 cm³/mol. The number of pyridine rings is 1. The molecular weight excluding hydrogens is 202 g/mol. The van der Waals surface area contributed by atoms with Crippen LogP contribution in [-0.2, 0) is 0 Å². The second-order valence-corrected chi connectivity index (χ2v) is 3.95. The molecule has 1 aliphatic heterocycles. The lowest BCUT2D eigenvalue weighted by atomic mass is 10.3. The molecular formula is C9H8ClN3O. The predicted octanol–water partition coefficient (Wildman–Crippen LogP) is 1.41. The van der Waals surface area contributed by atoms with E-state index in [2.05, 4.69) is 10.3 Å². The molecule has 2 amide bonds. The number of amides is 2. The Balaban J connectivity index is 1.98. The van der Waals surface area contributed by atoms with Crippen molar-refractivity contribution in [2.45, 2.75) is 18.5 Å². The standard InChI is InChI=1S/C9H8ClN3O/c10-8-3-5(1-2-11-8)13-7-4-6(7)12-9(13)14/h1-3,6-7H,4H2,(H,12,14)/t6-,7+/m1/s1. The van der Waals surface area contributed by atoms with Crippen molar-refractivity contribution in [3.05, 3.63) is 23.5 Å². The Morgan fingerprint density at radius 2 is 2.50 bits per heavy atom. The Kier molecular flexibility index (Phi) is 1.50. The van der Waals surface area contributed by atoms with Gasteiger partial charge < -0.3 is 5.32 Å². The molecule has 5 heteroatoms. The Morgan fingerprint density at radius 1 is 1.64 bits per heavy atom. The molecule has 0 aromatic carbocycles. The fraction of sp³-hybridized carbons (Fsp3) is 0.333. The number of aromatic nitrogens is 1. The van der Waals surface area contributed by atoms with Crippen LogP contribution in [0.15, 0.2) is 18.3 Å². The van der Waals surface area contributed by atoms with E-state index >= 15 is 0 Å². The van der Waals surface area contributed by atoms with Gasteiger partial charge in [0.2, 0.25) is 0 Å². The van der Waals surface area contributed by atoms with Crippen molar-refractivity contribution in [1.82, 2.24) is 10.3 Å². The molecule has 14 heavy (non-hydrogen) atoms. The average Bonchev–Trinajstić information content (AvgIpc) is 2.78. The van der Waals surface area contributed by atoms with Gasteiger partial charge in [-0.1, -0.05) is 11.6 Å². The van der Waals surface area contributed by atoms with Gasteiger partial charge in [-0.15, -0.1) is 0 Å². The molecule has 1 saturated heterocycles. The van der Waals surface area contributed by atoms with Crippen LogP contribution in [0.1, 0.15) is 6.42 Å². The summed E-state index contributed by atoms with van der Waals surface area (Å²) in [5.41, 5.74) is 0.826. The van der Waals surface area contributed by atoms with Crippen molar-refractivity contribution in [3.8, 4) is 0 Å². The number of urea groups is 1. The molecule has 4 nitrogen and oxygen atoms in total. The quantitative estimate of drug-likeness (QED) is 0.711. The summed E-state index contributed by atoms with van der Waals surface area (Å²) in [5.74, 6) is 0. The van der Waals surface area contributed by atoms with Crippen LogP contribution in [0.4, 0.5) is 10.5 Å². The number of nitrogens with one attached hydrogen (secondary N) is 1. The molecule has 1 saturated carbocycles. The molecule has 2 fully saturated rings. The first-order chi connectivity index (χ1) is 6.75. The van der Waals surface area contributed by atoms with Crippen molar-refractivity contribution >= 4 is 23.3 Å². The zero-order valence-electron chi connectivity index (χ0n) is 7.27. The minimum atomic E-state index is -0.0338. The maximum absolute atomic E-state index is 11.5. The Morgan fingerprint density at radius 3 is 3.14 bits per heavy atom. The van der Waals surface area contributed by atoms with Gasteiger partial charge in [-0.3, -0.25) is 4.90 Å². The van der Waals surface area contributed by atoms with Crippen LogP contribution in [0, 0.1) is 0 Å². The smallest absolute Gasteiger partial charge is 0.322 e. The fourth-order valence-corrected chi connectivity index (χ4v) is 2.02. The van der Waals surface area contributed by atoms with Crippen molar-refractivity contribution in [1.29, 1.82) is 0 Å². The van der Waals surface area contributed by atoms with Gasteiger partial charge >= 0.3 is 6.03 Å². The molecule has 3 rings (SSSR count). The normalized spacial score (nSPS) is 28.6. The van der Waals surface area contributed by atoms with E-state index in [1.54, 1.807) is 23.2 Å². The molecule has 1 N–H and O–H groups in total. The molecule has 0 spiro atoms. The zero-order chi connectivity index (χ0) is 9.71. The first kappa shape index (κ1) is 8.05. The van der Waals surface area contributed by atoms with Crippen LogP contribution in [0.3, 0.4) is 0 Å². The monoisotopic (exact) mass is 209 g/mol. The number of rotatable bonds is 1. The first-order valence-corrected chi connectivity index (χ1v) is 4.85. The molecule has 0 bridgehead atoms. The van der Waals surface area contributed by atoms with Gasteiger partial charge in [-0.25, -0.2) is 9.78 Å². The number of hydrogen-bond acceptors (Lipinski definition) is 2. The number of anilines is 1. The number of carbonyl (C=O) groups excluding carboxylic acids is 1. The van der Waals surface area contributed by atoms with Crippen LogP contribution >= 0.6 is 11.6 Å². The van der Waals surface area contributed by atoms with Gasteiger partial charge in [0.1, 0.15) is 5.15 Å². The van der Waals surface area contributed by atoms with E-state index in [1.807, 2.05) is 0 Å². The van der Waals surface area contributed by atoms with Gasteiger partial charge in [-0.2, -0.15) is 0 Å². The van der Waals surface area contributed by atoms with Gasteiger partial charge in [0.05, 0.1) is 17.8 Å².